The van der Waals surface area contributed by atoms with Crippen LogP contribution in [0.3, 0.4) is 0 Å². The smallest absolute Gasteiger partial charge is 0.328 e. The zero-order valence-corrected chi connectivity index (χ0v) is 7.72. The van der Waals surface area contributed by atoms with Crippen LogP contribution in [0.1, 0.15) is 6.92 Å². The van der Waals surface area contributed by atoms with E-state index in [1.54, 1.807) is 12.4 Å². The van der Waals surface area contributed by atoms with E-state index in [-0.39, 0.29) is 12.0 Å². The van der Waals surface area contributed by atoms with Gasteiger partial charge in [-0.05, 0) is 6.92 Å². The Morgan fingerprint density at radius 1 is 1.83 bits per heavy atom. The topological polar surface area (TPSA) is 51.2 Å². The molecule has 66 valence electrons. The number of carbonyl (C=O) groups is 1. The first kappa shape index (κ1) is 8.99. The second kappa shape index (κ2) is 4.06. The Bertz CT molecular complexity index is 248. The summed E-state index contributed by atoms with van der Waals surface area (Å²) in [7, 11) is 1.36. The molecule has 1 aromatic rings. The summed E-state index contributed by atoms with van der Waals surface area (Å²) in [5.41, 5.74) is 1.70. The van der Waals surface area contributed by atoms with Gasteiger partial charge >= 0.3 is 5.97 Å². The number of methoxy groups -OCH3 is 1. The van der Waals surface area contributed by atoms with Gasteiger partial charge in [-0.25, -0.2) is 9.78 Å². The molecule has 0 amide bonds. The quantitative estimate of drug-likeness (QED) is 0.718. The van der Waals surface area contributed by atoms with Crippen LogP contribution >= 0.6 is 11.3 Å². The Morgan fingerprint density at radius 2 is 2.58 bits per heavy atom. The molecule has 0 aliphatic heterocycles. The van der Waals surface area contributed by atoms with Crippen LogP contribution in [-0.2, 0) is 9.53 Å². The molecule has 0 fully saturated rings. The monoisotopic (exact) mass is 186 g/mol. The lowest BCUT2D eigenvalue weighted by atomic mass is 10.3. The Balaban J connectivity index is 2.47. The van der Waals surface area contributed by atoms with Crippen molar-refractivity contribution in [2.45, 2.75) is 13.0 Å². The summed E-state index contributed by atoms with van der Waals surface area (Å²) in [6, 6.07) is -0.350. The third-order valence-corrected chi connectivity index (χ3v) is 1.94. The van der Waals surface area contributed by atoms with Gasteiger partial charge in [-0.1, -0.05) is 0 Å². The molecular formula is C7H10N2O2S. The summed E-state index contributed by atoms with van der Waals surface area (Å²) in [4.78, 5) is 14.9. The zero-order valence-electron chi connectivity index (χ0n) is 6.90. The van der Waals surface area contributed by atoms with Crippen molar-refractivity contribution >= 4 is 23.1 Å². The highest BCUT2D eigenvalue weighted by Crippen LogP contribution is 2.08. The molecule has 1 aromatic heterocycles. The maximum atomic E-state index is 10.9. The third kappa shape index (κ3) is 2.20. The van der Waals surface area contributed by atoms with Gasteiger partial charge in [-0.3, -0.25) is 0 Å². The van der Waals surface area contributed by atoms with Crippen molar-refractivity contribution in [1.82, 2.24) is 4.98 Å². The molecule has 5 heteroatoms. The van der Waals surface area contributed by atoms with Gasteiger partial charge in [0.05, 0.1) is 12.6 Å². The maximum absolute atomic E-state index is 10.9. The Hall–Kier alpha value is -1.10. The van der Waals surface area contributed by atoms with E-state index < -0.39 is 0 Å². The molecule has 0 aliphatic carbocycles. The summed E-state index contributed by atoms with van der Waals surface area (Å²) >= 11 is 1.48. The normalized spacial score (nSPS) is 12.2. The van der Waals surface area contributed by atoms with Gasteiger partial charge in [-0.2, -0.15) is 0 Å². The number of aromatic nitrogens is 1. The fraction of sp³-hybridized carbons (Fsp3) is 0.429. The molecule has 1 heterocycles. The maximum Gasteiger partial charge on any atom is 0.328 e. The van der Waals surface area contributed by atoms with Crippen LogP contribution < -0.4 is 5.32 Å². The molecule has 0 saturated carbocycles. The van der Waals surface area contributed by atoms with Crippen molar-refractivity contribution in [3.05, 3.63) is 10.9 Å². The van der Waals surface area contributed by atoms with Gasteiger partial charge in [0, 0.05) is 5.38 Å². The minimum absolute atomic E-state index is 0.289. The number of anilines is 1. The first-order chi connectivity index (χ1) is 5.74. The van der Waals surface area contributed by atoms with Crippen LogP contribution in [0.2, 0.25) is 0 Å². The number of thiazole rings is 1. The highest BCUT2D eigenvalue weighted by atomic mass is 32.1. The van der Waals surface area contributed by atoms with Crippen molar-refractivity contribution in [2.24, 2.45) is 0 Å². The van der Waals surface area contributed by atoms with E-state index in [9.17, 15) is 4.79 Å². The summed E-state index contributed by atoms with van der Waals surface area (Å²) in [5.74, 6) is 0.418. The molecule has 0 saturated heterocycles. The van der Waals surface area contributed by atoms with E-state index in [0.29, 0.717) is 5.82 Å². The Labute approximate surface area is 74.6 Å². The third-order valence-electron chi connectivity index (χ3n) is 1.35. The minimum atomic E-state index is -0.350. The number of ether oxygens (including phenoxy) is 1. The molecule has 0 radical (unpaired) electrons. The lowest BCUT2D eigenvalue weighted by Crippen LogP contribution is -2.27. The molecule has 1 N–H and O–H groups in total. The highest BCUT2D eigenvalue weighted by Gasteiger charge is 2.12. The molecule has 0 spiro atoms. The fourth-order valence-corrected chi connectivity index (χ4v) is 1.23. The summed E-state index contributed by atoms with van der Waals surface area (Å²) < 4.78 is 4.53. The number of nitrogens with zero attached hydrogens (tertiary/aromatic N) is 1. The predicted octanol–water partition coefficient (Wildman–Crippen LogP) is 1.12. The van der Waals surface area contributed by atoms with Crippen LogP contribution in [0.25, 0.3) is 0 Å². The van der Waals surface area contributed by atoms with Crippen molar-refractivity contribution in [3.63, 3.8) is 0 Å². The Morgan fingerprint density at radius 3 is 3.08 bits per heavy atom. The van der Waals surface area contributed by atoms with Gasteiger partial charge in [0.15, 0.2) is 0 Å². The molecule has 0 bridgehead atoms. The first-order valence-corrected chi connectivity index (χ1v) is 4.41. The predicted molar refractivity (Wildman–Crippen MR) is 47.2 cm³/mol. The molecule has 0 aliphatic rings. The number of hydrogen-bond acceptors (Lipinski definition) is 5. The second-order valence-electron chi connectivity index (χ2n) is 2.26. The van der Waals surface area contributed by atoms with E-state index in [1.165, 1.54) is 18.4 Å². The van der Waals surface area contributed by atoms with Gasteiger partial charge in [0.2, 0.25) is 0 Å². The lowest BCUT2D eigenvalue weighted by Gasteiger charge is -2.09. The van der Waals surface area contributed by atoms with Crippen LogP contribution in [0.4, 0.5) is 5.82 Å². The number of esters is 1. The second-order valence-corrected chi connectivity index (χ2v) is 2.98. The summed E-state index contributed by atoms with van der Waals surface area (Å²) in [6.07, 6.45) is 0. The van der Waals surface area contributed by atoms with Crippen molar-refractivity contribution in [2.75, 3.05) is 12.4 Å². The van der Waals surface area contributed by atoms with Crippen LogP contribution in [0.15, 0.2) is 10.9 Å². The minimum Gasteiger partial charge on any atom is -0.467 e. The average Bonchev–Trinajstić information content (AvgIpc) is 2.55. The Kier molecular flexibility index (Phi) is 3.04. The van der Waals surface area contributed by atoms with Crippen LogP contribution in [0.5, 0.6) is 0 Å². The van der Waals surface area contributed by atoms with Crippen LogP contribution in [-0.4, -0.2) is 24.1 Å². The first-order valence-electron chi connectivity index (χ1n) is 3.46. The molecule has 0 aromatic carbocycles. The highest BCUT2D eigenvalue weighted by molar-refractivity contribution is 7.07. The van der Waals surface area contributed by atoms with E-state index in [1.807, 2.05) is 5.38 Å². The number of rotatable bonds is 3. The van der Waals surface area contributed by atoms with E-state index in [2.05, 4.69) is 15.0 Å². The number of carbonyl (C=O) groups excluding carboxylic acids is 1. The SMILES string of the molecule is COC(=O)[C@H](C)Nc1cscn1. The van der Waals surface area contributed by atoms with Crippen molar-refractivity contribution in [1.29, 1.82) is 0 Å². The summed E-state index contributed by atoms with van der Waals surface area (Å²) in [5, 5.41) is 4.73. The van der Waals surface area contributed by atoms with E-state index >= 15 is 0 Å². The molecular weight excluding hydrogens is 176 g/mol. The van der Waals surface area contributed by atoms with E-state index in [4.69, 9.17) is 0 Å². The van der Waals surface area contributed by atoms with Crippen LogP contribution in [0, 0.1) is 0 Å². The van der Waals surface area contributed by atoms with Gasteiger partial charge in [0.1, 0.15) is 11.9 Å². The molecule has 1 atom stereocenters. The lowest BCUT2D eigenvalue weighted by molar-refractivity contribution is -0.141. The van der Waals surface area contributed by atoms with Crippen molar-refractivity contribution in [3.8, 4) is 0 Å². The molecule has 1 rings (SSSR count). The van der Waals surface area contributed by atoms with Crippen molar-refractivity contribution < 1.29 is 9.53 Å². The van der Waals surface area contributed by atoms with Gasteiger partial charge < -0.3 is 10.1 Å². The number of nitrogens with one attached hydrogen (secondary N) is 1. The summed E-state index contributed by atoms with van der Waals surface area (Å²) in [6.45, 7) is 1.73. The zero-order chi connectivity index (χ0) is 8.97. The van der Waals surface area contributed by atoms with Gasteiger partial charge in [0.25, 0.3) is 0 Å². The molecule has 12 heavy (non-hydrogen) atoms. The van der Waals surface area contributed by atoms with Gasteiger partial charge in [-0.15, -0.1) is 11.3 Å². The fourth-order valence-electron chi connectivity index (χ4n) is 0.741. The largest absolute Gasteiger partial charge is 0.467 e. The standard InChI is InChI=1S/C7H10N2O2S/c1-5(7(10)11-2)9-6-3-12-4-8-6/h3-5,9H,1-2H3/t5-/m0/s1. The average molecular weight is 186 g/mol. The van der Waals surface area contributed by atoms with E-state index in [0.717, 1.165) is 0 Å². The molecule has 0 unspecified atom stereocenters. The number of hydrogen-bond donors (Lipinski definition) is 1. The molecule has 4 nitrogen and oxygen atoms in total.